The van der Waals surface area contributed by atoms with Crippen LogP contribution in [0.1, 0.15) is 25.0 Å². The van der Waals surface area contributed by atoms with Gasteiger partial charge in [-0.15, -0.1) is 0 Å². The van der Waals surface area contributed by atoms with Crippen molar-refractivity contribution in [2.45, 2.75) is 19.3 Å². The molecule has 0 bridgehead atoms. The van der Waals surface area contributed by atoms with Gasteiger partial charge in [-0.1, -0.05) is 153 Å². The molecule has 3 nitrogen and oxygen atoms in total. The zero-order valence-corrected chi connectivity index (χ0v) is 35.4. The second-order valence-electron chi connectivity index (χ2n) is 18.0. The van der Waals surface area contributed by atoms with Crippen LogP contribution in [0.25, 0.3) is 105 Å². The van der Waals surface area contributed by atoms with Gasteiger partial charge >= 0.3 is 0 Å². The Bertz CT molecular complexity index is 3910. The Hall–Kier alpha value is -8.14. The standard InChI is InChI=1S/C61H40N2O/c1-61(2)50-21-10-8-17-45(50)46-33-32-43(35-51(46)61)62(40-14-4-3-5-15-40)41-28-23-37(24-29-41)38-25-30-42(31-26-38)63-52-34-27-39-13-12-20-47-44-16-6-7-18-48(44)58-57-49-19-9-11-22-54(49)64-55(57)36-53(63)60(58)59(52)56(39)47/h3-36H,1-2H3. The predicted octanol–water partition coefficient (Wildman–Crippen LogP) is 16.9. The molecule has 0 fully saturated rings. The van der Waals surface area contributed by atoms with E-state index in [0.29, 0.717) is 0 Å². The van der Waals surface area contributed by atoms with E-state index in [2.05, 4.69) is 230 Å². The first kappa shape index (κ1) is 35.5. The maximum absolute atomic E-state index is 6.71. The van der Waals surface area contributed by atoms with Gasteiger partial charge in [0.25, 0.3) is 0 Å². The van der Waals surface area contributed by atoms with E-state index in [1.165, 1.54) is 88.1 Å². The predicted molar refractivity (Wildman–Crippen MR) is 268 cm³/mol. The van der Waals surface area contributed by atoms with Crippen molar-refractivity contribution in [3.05, 3.63) is 217 Å². The van der Waals surface area contributed by atoms with Crippen LogP contribution in [0.5, 0.6) is 0 Å². The van der Waals surface area contributed by atoms with Crippen LogP contribution >= 0.6 is 0 Å². The van der Waals surface area contributed by atoms with Crippen molar-refractivity contribution in [1.82, 2.24) is 4.57 Å². The van der Waals surface area contributed by atoms with Crippen LogP contribution in [0.3, 0.4) is 0 Å². The molecular weight excluding hydrogens is 777 g/mol. The molecule has 2 aliphatic rings. The SMILES string of the molecule is CC1(C)c2ccccc2-c2ccc(N(c3ccccc3)c3ccc(-c4ccc(-n5c6cc7oc8ccccc8c7c7c6c6c8c(cccc8ccc65)-c5ccccc5-7)cc4)cc3)cc21. The summed E-state index contributed by atoms with van der Waals surface area (Å²) in [7, 11) is 0. The van der Waals surface area contributed by atoms with E-state index in [-0.39, 0.29) is 5.41 Å². The van der Waals surface area contributed by atoms with Gasteiger partial charge in [-0.25, -0.2) is 0 Å². The summed E-state index contributed by atoms with van der Waals surface area (Å²) < 4.78 is 9.16. The lowest BCUT2D eigenvalue weighted by Crippen LogP contribution is -2.16. The minimum Gasteiger partial charge on any atom is -0.456 e. The molecule has 0 N–H and O–H groups in total. The van der Waals surface area contributed by atoms with Gasteiger partial charge in [0.1, 0.15) is 11.2 Å². The van der Waals surface area contributed by atoms with Gasteiger partial charge in [-0.05, 0) is 122 Å². The Balaban J connectivity index is 0.902. The van der Waals surface area contributed by atoms with Crippen molar-refractivity contribution in [3.8, 4) is 50.2 Å². The number of anilines is 3. The summed E-state index contributed by atoms with van der Waals surface area (Å²) in [5, 5.41) is 7.44. The number of rotatable bonds is 5. The molecule has 3 heteroatoms. The molecule has 0 aliphatic heterocycles. The summed E-state index contributed by atoms with van der Waals surface area (Å²) in [6.45, 7) is 4.70. The average Bonchev–Trinajstić information content (AvgIpc) is 3.93. The van der Waals surface area contributed by atoms with Crippen molar-refractivity contribution in [1.29, 1.82) is 0 Å². The van der Waals surface area contributed by atoms with Crippen molar-refractivity contribution in [3.63, 3.8) is 0 Å². The zero-order chi connectivity index (χ0) is 42.3. The lowest BCUT2D eigenvalue weighted by Gasteiger charge is -2.28. The summed E-state index contributed by atoms with van der Waals surface area (Å²) in [4.78, 5) is 2.38. The fraction of sp³-hybridized carbons (Fsp3) is 0.0492. The third kappa shape index (κ3) is 4.81. The van der Waals surface area contributed by atoms with Gasteiger partial charge < -0.3 is 13.9 Å². The molecule has 300 valence electrons. The molecule has 0 unspecified atom stereocenters. The fourth-order valence-electron chi connectivity index (χ4n) is 11.4. The van der Waals surface area contributed by atoms with Crippen LogP contribution in [0, 0.1) is 0 Å². The zero-order valence-electron chi connectivity index (χ0n) is 35.4. The van der Waals surface area contributed by atoms with Gasteiger partial charge in [-0.2, -0.15) is 0 Å². The van der Waals surface area contributed by atoms with Crippen molar-refractivity contribution in [2.75, 3.05) is 4.90 Å². The number of aromatic nitrogens is 1. The molecular formula is C61H40N2O. The summed E-state index contributed by atoms with van der Waals surface area (Å²) in [5.41, 5.74) is 21.3. The first-order valence-electron chi connectivity index (χ1n) is 22.3. The van der Waals surface area contributed by atoms with Gasteiger partial charge in [0, 0.05) is 61.3 Å². The first-order valence-corrected chi connectivity index (χ1v) is 22.3. The van der Waals surface area contributed by atoms with E-state index >= 15 is 0 Å². The monoisotopic (exact) mass is 816 g/mol. The van der Waals surface area contributed by atoms with E-state index in [0.717, 1.165) is 44.8 Å². The van der Waals surface area contributed by atoms with E-state index in [9.17, 15) is 0 Å². The molecule has 2 aromatic heterocycles. The van der Waals surface area contributed by atoms with Crippen molar-refractivity contribution >= 4 is 71.6 Å². The van der Waals surface area contributed by atoms with Gasteiger partial charge in [0.2, 0.25) is 0 Å². The molecule has 0 amide bonds. The molecule has 0 saturated heterocycles. The Kier molecular flexibility index (Phi) is 7.17. The maximum atomic E-state index is 6.71. The van der Waals surface area contributed by atoms with Crippen LogP contribution in [-0.4, -0.2) is 4.57 Å². The van der Waals surface area contributed by atoms with Gasteiger partial charge in [-0.3, -0.25) is 0 Å². The molecule has 0 saturated carbocycles. The van der Waals surface area contributed by atoms with Crippen LogP contribution < -0.4 is 4.90 Å². The maximum Gasteiger partial charge on any atom is 0.138 e. The number of furan rings is 1. The van der Waals surface area contributed by atoms with Crippen LogP contribution in [0.15, 0.2) is 211 Å². The van der Waals surface area contributed by atoms with Crippen molar-refractivity contribution in [2.24, 2.45) is 0 Å². The molecule has 2 aliphatic carbocycles. The number of fused-ring (bicyclic) bond motifs is 10. The van der Waals surface area contributed by atoms with E-state index in [1.54, 1.807) is 0 Å². The Morgan fingerprint density at radius 3 is 1.89 bits per heavy atom. The molecule has 64 heavy (non-hydrogen) atoms. The van der Waals surface area contributed by atoms with E-state index in [1.807, 2.05) is 0 Å². The second kappa shape index (κ2) is 12.9. The second-order valence-corrected chi connectivity index (χ2v) is 18.0. The van der Waals surface area contributed by atoms with E-state index in [4.69, 9.17) is 4.42 Å². The van der Waals surface area contributed by atoms with Crippen LogP contribution in [0.4, 0.5) is 17.1 Å². The lowest BCUT2D eigenvalue weighted by molar-refractivity contribution is 0.660. The highest BCUT2D eigenvalue weighted by Gasteiger charge is 2.36. The molecule has 2 heterocycles. The molecule has 0 spiro atoms. The summed E-state index contributed by atoms with van der Waals surface area (Å²) >= 11 is 0. The summed E-state index contributed by atoms with van der Waals surface area (Å²) in [5.74, 6) is 0. The normalized spacial score (nSPS) is 13.3. The molecule has 0 atom stereocenters. The summed E-state index contributed by atoms with van der Waals surface area (Å²) in [6.07, 6.45) is 0. The quantitative estimate of drug-likeness (QED) is 0.173. The molecule has 14 rings (SSSR count). The highest BCUT2D eigenvalue weighted by Crippen LogP contribution is 2.54. The molecule has 12 aromatic rings. The Labute approximate surface area is 370 Å². The third-order valence-corrected chi connectivity index (χ3v) is 14.3. The Morgan fingerprint density at radius 1 is 0.406 bits per heavy atom. The largest absolute Gasteiger partial charge is 0.456 e. The topological polar surface area (TPSA) is 21.3 Å². The minimum atomic E-state index is -0.0842. The number of hydrogen-bond acceptors (Lipinski definition) is 2. The van der Waals surface area contributed by atoms with Crippen molar-refractivity contribution < 1.29 is 4.42 Å². The smallest absolute Gasteiger partial charge is 0.138 e. The highest BCUT2D eigenvalue weighted by atomic mass is 16.3. The first-order chi connectivity index (χ1) is 31.5. The number of para-hydroxylation sites is 2. The lowest BCUT2D eigenvalue weighted by atomic mass is 9.82. The molecule has 10 aromatic carbocycles. The van der Waals surface area contributed by atoms with Crippen LogP contribution in [-0.2, 0) is 5.41 Å². The number of hydrogen-bond donors (Lipinski definition) is 0. The van der Waals surface area contributed by atoms with Crippen LogP contribution in [0.2, 0.25) is 0 Å². The minimum absolute atomic E-state index is 0.0842. The average molecular weight is 817 g/mol. The summed E-state index contributed by atoms with van der Waals surface area (Å²) in [6, 6.07) is 75.7. The van der Waals surface area contributed by atoms with E-state index < -0.39 is 0 Å². The third-order valence-electron chi connectivity index (χ3n) is 14.3. The van der Waals surface area contributed by atoms with Gasteiger partial charge in [0.15, 0.2) is 0 Å². The highest BCUT2D eigenvalue weighted by molar-refractivity contribution is 6.35. The number of nitrogens with zero attached hydrogens (tertiary/aromatic N) is 2. The number of benzene rings is 10. The fourth-order valence-corrected chi connectivity index (χ4v) is 11.4. The molecule has 0 radical (unpaired) electrons. The Morgan fingerprint density at radius 2 is 1.06 bits per heavy atom. The van der Waals surface area contributed by atoms with Gasteiger partial charge in [0.05, 0.1) is 11.0 Å².